The van der Waals surface area contributed by atoms with Crippen molar-refractivity contribution >= 4 is 10.2 Å². The fourth-order valence-corrected chi connectivity index (χ4v) is 5.44. The number of methoxy groups -OCH3 is 1. The Morgan fingerprint density at radius 1 is 1.14 bits per heavy atom. The second-order valence-corrected chi connectivity index (χ2v) is 7.92. The number of hydrogen-bond donors (Lipinski definition) is 0. The van der Waals surface area contributed by atoms with Crippen molar-refractivity contribution in [2.24, 2.45) is 0 Å². The molecular formula is C16H24N2O3S. The van der Waals surface area contributed by atoms with E-state index in [0.29, 0.717) is 19.6 Å². The van der Waals surface area contributed by atoms with E-state index in [9.17, 15) is 8.42 Å². The van der Waals surface area contributed by atoms with Crippen molar-refractivity contribution in [1.29, 1.82) is 0 Å². The molecule has 0 unspecified atom stereocenters. The van der Waals surface area contributed by atoms with Gasteiger partial charge in [0.25, 0.3) is 10.2 Å². The third kappa shape index (κ3) is 3.00. The summed E-state index contributed by atoms with van der Waals surface area (Å²) in [4.78, 5) is 0. The Balaban J connectivity index is 1.78. The first-order chi connectivity index (χ1) is 10.6. The predicted molar refractivity (Wildman–Crippen MR) is 86.2 cm³/mol. The zero-order valence-corrected chi connectivity index (χ0v) is 13.9. The molecule has 3 rings (SSSR count). The Labute approximate surface area is 133 Å². The molecule has 0 spiro atoms. The summed E-state index contributed by atoms with van der Waals surface area (Å²) < 4.78 is 34.4. The highest BCUT2D eigenvalue weighted by Gasteiger charge is 2.39. The van der Waals surface area contributed by atoms with E-state index in [0.717, 1.165) is 43.4 Å². The van der Waals surface area contributed by atoms with Crippen LogP contribution < -0.4 is 4.74 Å². The van der Waals surface area contributed by atoms with E-state index in [1.807, 2.05) is 24.3 Å². The monoisotopic (exact) mass is 324 g/mol. The van der Waals surface area contributed by atoms with Gasteiger partial charge in [-0.25, -0.2) is 0 Å². The Hall–Kier alpha value is -1.11. The predicted octanol–water partition coefficient (Wildman–Crippen LogP) is 2.04. The van der Waals surface area contributed by atoms with Gasteiger partial charge in [0.1, 0.15) is 5.75 Å². The maximum Gasteiger partial charge on any atom is 0.282 e. The second-order valence-electron chi connectivity index (χ2n) is 6.04. The van der Waals surface area contributed by atoms with Crippen molar-refractivity contribution in [3.05, 3.63) is 29.8 Å². The van der Waals surface area contributed by atoms with Gasteiger partial charge in [-0.05, 0) is 43.7 Å². The van der Waals surface area contributed by atoms with Gasteiger partial charge < -0.3 is 4.74 Å². The minimum absolute atomic E-state index is 0.0434. The van der Waals surface area contributed by atoms with Crippen LogP contribution in [-0.2, 0) is 16.6 Å². The van der Waals surface area contributed by atoms with Crippen LogP contribution in [0.15, 0.2) is 24.3 Å². The summed E-state index contributed by atoms with van der Waals surface area (Å²) in [5.74, 6) is 0.841. The third-order valence-corrected chi connectivity index (χ3v) is 6.75. The van der Waals surface area contributed by atoms with Crippen molar-refractivity contribution in [2.45, 2.75) is 38.1 Å². The first-order valence-electron chi connectivity index (χ1n) is 8.02. The van der Waals surface area contributed by atoms with Crippen LogP contribution >= 0.6 is 0 Å². The summed E-state index contributed by atoms with van der Waals surface area (Å²) in [6.07, 6.45) is 4.53. The smallest absolute Gasteiger partial charge is 0.282 e. The Morgan fingerprint density at radius 3 is 2.59 bits per heavy atom. The second kappa shape index (κ2) is 6.56. The molecular weight excluding hydrogens is 300 g/mol. The van der Waals surface area contributed by atoms with Gasteiger partial charge in [-0.2, -0.15) is 17.0 Å². The number of benzene rings is 1. The molecule has 0 aromatic heterocycles. The summed E-state index contributed by atoms with van der Waals surface area (Å²) in [6, 6.07) is 7.92. The molecule has 0 bridgehead atoms. The Morgan fingerprint density at radius 2 is 1.86 bits per heavy atom. The van der Waals surface area contributed by atoms with Crippen LogP contribution in [0, 0.1) is 0 Å². The normalized spacial score (nSPS) is 24.0. The van der Waals surface area contributed by atoms with Gasteiger partial charge in [-0.1, -0.05) is 18.2 Å². The minimum atomic E-state index is -3.30. The molecule has 2 saturated heterocycles. The topological polar surface area (TPSA) is 49.9 Å². The van der Waals surface area contributed by atoms with Crippen molar-refractivity contribution in [1.82, 2.24) is 8.61 Å². The van der Waals surface area contributed by atoms with Crippen LogP contribution in [-0.4, -0.2) is 49.8 Å². The first-order valence-corrected chi connectivity index (χ1v) is 9.41. The lowest BCUT2D eigenvalue weighted by molar-refractivity contribution is 0.338. The molecule has 0 saturated carbocycles. The highest BCUT2D eigenvalue weighted by Crippen LogP contribution is 2.30. The summed E-state index contributed by atoms with van der Waals surface area (Å²) in [5, 5.41) is 0. The van der Waals surface area contributed by atoms with Crippen LogP contribution in [0.3, 0.4) is 0 Å². The van der Waals surface area contributed by atoms with Gasteiger partial charge >= 0.3 is 0 Å². The van der Waals surface area contributed by atoms with Crippen molar-refractivity contribution in [3.63, 3.8) is 0 Å². The fraction of sp³-hybridized carbons (Fsp3) is 0.625. The number of nitrogens with zero attached hydrogens (tertiary/aromatic N) is 2. The van der Waals surface area contributed by atoms with Crippen LogP contribution in [0.25, 0.3) is 0 Å². The van der Waals surface area contributed by atoms with Crippen LogP contribution in [0.5, 0.6) is 5.75 Å². The molecule has 5 nitrogen and oxygen atoms in total. The molecule has 1 aromatic carbocycles. The largest absolute Gasteiger partial charge is 0.496 e. The van der Waals surface area contributed by atoms with Gasteiger partial charge in [0, 0.05) is 25.7 Å². The van der Waals surface area contributed by atoms with Gasteiger partial charge in [-0.3, -0.25) is 0 Å². The van der Waals surface area contributed by atoms with Crippen molar-refractivity contribution < 1.29 is 13.2 Å². The zero-order chi connectivity index (χ0) is 15.6. The molecule has 2 aliphatic rings. The molecule has 0 N–H and O–H groups in total. The van der Waals surface area contributed by atoms with E-state index in [2.05, 4.69) is 0 Å². The standard InChI is InChI=1S/C16H24N2O3S/c1-21-16-9-3-2-7-14(16)13-15-8-6-12-18(15)22(19,20)17-10-4-5-11-17/h2-3,7,9,15H,4-6,8,10-13H2,1H3/t15-/m0/s1. The lowest BCUT2D eigenvalue weighted by atomic mass is 10.0. The number of ether oxygens (including phenoxy) is 1. The number of rotatable bonds is 5. The highest BCUT2D eigenvalue weighted by atomic mass is 32.2. The van der Waals surface area contributed by atoms with Crippen molar-refractivity contribution in [3.8, 4) is 5.75 Å². The van der Waals surface area contributed by atoms with Crippen LogP contribution in [0.2, 0.25) is 0 Å². The average Bonchev–Trinajstić information content (AvgIpc) is 3.19. The quantitative estimate of drug-likeness (QED) is 0.833. The molecule has 122 valence electrons. The first kappa shape index (κ1) is 15.8. The van der Waals surface area contributed by atoms with E-state index >= 15 is 0 Å². The zero-order valence-electron chi connectivity index (χ0n) is 13.1. The maximum absolute atomic E-state index is 12.8. The van der Waals surface area contributed by atoms with E-state index in [1.54, 1.807) is 15.7 Å². The van der Waals surface area contributed by atoms with Crippen LogP contribution in [0.1, 0.15) is 31.2 Å². The SMILES string of the molecule is COc1ccccc1C[C@@H]1CCCN1S(=O)(=O)N1CCCC1. The maximum atomic E-state index is 12.8. The Kier molecular flexibility index (Phi) is 4.70. The van der Waals surface area contributed by atoms with Gasteiger partial charge in [0.2, 0.25) is 0 Å². The summed E-state index contributed by atoms with van der Waals surface area (Å²) in [5.41, 5.74) is 1.08. The molecule has 2 fully saturated rings. The van der Waals surface area contributed by atoms with Gasteiger partial charge in [-0.15, -0.1) is 0 Å². The molecule has 1 atom stereocenters. The fourth-order valence-electron chi connectivity index (χ4n) is 3.51. The third-order valence-electron chi connectivity index (χ3n) is 4.66. The molecule has 6 heteroatoms. The minimum Gasteiger partial charge on any atom is -0.496 e. The van der Waals surface area contributed by atoms with E-state index in [4.69, 9.17) is 4.74 Å². The Bertz CT molecular complexity index is 612. The van der Waals surface area contributed by atoms with Gasteiger partial charge in [0.05, 0.1) is 7.11 Å². The molecule has 2 aliphatic heterocycles. The summed E-state index contributed by atoms with van der Waals surface area (Å²) >= 11 is 0. The molecule has 0 amide bonds. The van der Waals surface area contributed by atoms with Crippen molar-refractivity contribution in [2.75, 3.05) is 26.7 Å². The van der Waals surface area contributed by atoms with Crippen LogP contribution in [0.4, 0.5) is 0 Å². The lowest BCUT2D eigenvalue weighted by Crippen LogP contribution is -2.45. The summed E-state index contributed by atoms with van der Waals surface area (Å²) in [7, 11) is -1.64. The molecule has 1 aromatic rings. The van der Waals surface area contributed by atoms with E-state index < -0.39 is 10.2 Å². The molecule has 22 heavy (non-hydrogen) atoms. The highest BCUT2D eigenvalue weighted by molar-refractivity contribution is 7.86. The number of hydrogen-bond acceptors (Lipinski definition) is 3. The molecule has 2 heterocycles. The summed E-state index contributed by atoms with van der Waals surface area (Å²) in [6.45, 7) is 1.97. The van der Waals surface area contributed by atoms with E-state index in [-0.39, 0.29) is 6.04 Å². The van der Waals surface area contributed by atoms with E-state index in [1.165, 1.54) is 0 Å². The molecule has 0 aliphatic carbocycles. The number of para-hydroxylation sites is 1. The van der Waals surface area contributed by atoms with Gasteiger partial charge in [0.15, 0.2) is 0 Å². The lowest BCUT2D eigenvalue weighted by Gasteiger charge is -2.28. The average molecular weight is 324 g/mol. The molecule has 0 radical (unpaired) electrons.